The molecule has 0 N–H and O–H groups in total. The number of anilines is 2. The molecule has 5 rings (SSSR count). The van der Waals surface area contributed by atoms with Crippen LogP contribution in [0.25, 0.3) is 11.2 Å². The van der Waals surface area contributed by atoms with Gasteiger partial charge in [0.1, 0.15) is 0 Å². The number of aryl methyl sites for hydroxylation is 2. The summed E-state index contributed by atoms with van der Waals surface area (Å²) in [5.41, 5.74) is 3.11. The van der Waals surface area contributed by atoms with Gasteiger partial charge in [0.05, 0.1) is 6.54 Å². The molecule has 1 aliphatic heterocycles. The predicted molar refractivity (Wildman–Crippen MR) is 118 cm³/mol. The first-order valence-electron chi connectivity index (χ1n) is 9.73. The number of nitrogens with zero attached hydrogens (tertiary/aromatic N) is 5. The maximum absolute atomic E-state index is 13.4. The van der Waals surface area contributed by atoms with E-state index < -0.39 is 0 Å². The highest BCUT2D eigenvalue weighted by Crippen LogP contribution is 2.32. The van der Waals surface area contributed by atoms with Crippen molar-refractivity contribution in [2.75, 3.05) is 11.4 Å². The fourth-order valence-electron chi connectivity index (χ4n) is 4.08. The minimum absolute atomic E-state index is 0.227. The molecule has 0 spiro atoms. The summed E-state index contributed by atoms with van der Waals surface area (Å²) < 4.78 is 4.65. The first-order chi connectivity index (χ1) is 14.4. The summed E-state index contributed by atoms with van der Waals surface area (Å²) in [7, 11) is 1.66. The van der Waals surface area contributed by atoms with Gasteiger partial charge in [-0.25, -0.2) is 4.79 Å². The minimum Gasteiger partial charge on any atom is -0.310 e. The van der Waals surface area contributed by atoms with Gasteiger partial charge in [-0.2, -0.15) is 4.98 Å². The Bertz CT molecular complexity index is 1400. The van der Waals surface area contributed by atoms with Gasteiger partial charge in [0, 0.05) is 30.8 Å². The van der Waals surface area contributed by atoms with Crippen LogP contribution in [0, 0.1) is 6.92 Å². The molecule has 0 atom stereocenters. The molecule has 0 unspecified atom stereocenters. The molecule has 0 bridgehead atoms. The number of hydrogen-bond acceptors (Lipinski definition) is 4. The smallest absolute Gasteiger partial charge is 0.310 e. The van der Waals surface area contributed by atoms with E-state index in [2.05, 4.69) is 4.98 Å². The lowest BCUT2D eigenvalue weighted by Gasteiger charge is -2.15. The van der Waals surface area contributed by atoms with Gasteiger partial charge in [0.25, 0.3) is 5.56 Å². The summed E-state index contributed by atoms with van der Waals surface area (Å²) in [6.07, 6.45) is 0. The molecule has 2 aromatic heterocycles. The molecule has 0 aliphatic carbocycles. The van der Waals surface area contributed by atoms with E-state index in [0.717, 1.165) is 16.8 Å². The van der Waals surface area contributed by atoms with Crippen LogP contribution in [0.15, 0.2) is 58.1 Å². The average molecular weight is 422 g/mol. The molecule has 1 aliphatic rings. The van der Waals surface area contributed by atoms with Crippen LogP contribution >= 0.6 is 11.6 Å². The van der Waals surface area contributed by atoms with Crippen molar-refractivity contribution in [1.82, 2.24) is 18.7 Å². The van der Waals surface area contributed by atoms with Gasteiger partial charge in [-0.15, -0.1) is 0 Å². The Balaban J connectivity index is 1.67. The van der Waals surface area contributed by atoms with E-state index in [0.29, 0.717) is 35.2 Å². The van der Waals surface area contributed by atoms with Gasteiger partial charge < -0.3 is 9.47 Å². The maximum atomic E-state index is 13.4. The molecule has 0 saturated carbocycles. The SMILES string of the molecule is Cc1cccc(Cn2c(=O)c3c(nc4n3CCN4c3ccc(Cl)cc3)n(C)c2=O)c1. The second-order valence-corrected chi connectivity index (χ2v) is 8.02. The van der Waals surface area contributed by atoms with Crippen molar-refractivity contribution in [2.24, 2.45) is 7.05 Å². The van der Waals surface area contributed by atoms with E-state index in [9.17, 15) is 9.59 Å². The molecule has 8 heteroatoms. The third-order valence-electron chi connectivity index (χ3n) is 5.56. The summed E-state index contributed by atoms with van der Waals surface area (Å²) in [5.74, 6) is 0.660. The Morgan fingerprint density at radius 2 is 1.83 bits per heavy atom. The molecule has 152 valence electrons. The van der Waals surface area contributed by atoms with Crippen LogP contribution in [0.5, 0.6) is 0 Å². The molecule has 2 aromatic carbocycles. The highest BCUT2D eigenvalue weighted by molar-refractivity contribution is 6.30. The van der Waals surface area contributed by atoms with Gasteiger partial charge in [0.2, 0.25) is 5.95 Å². The monoisotopic (exact) mass is 421 g/mol. The quantitative estimate of drug-likeness (QED) is 0.510. The Morgan fingerprint density at radius 1 is 1.07 bits per heavy atom. The number of imidazole rings is 1. The van der Waals surface area contributed by atoms with Crippen LogP contribution in [-0.2, 0) is 20.1 Å². The van der Waals surface area contributed by atoms with Crippen LogP contribution in [0.1, 0.15) is 11.1 Å². The highest BCUT2D eigenvalue weighted by Gasteiger charge is 2.28. The number of rotatable bonds is 3. The van der Waals surface area contributed by atoms with Gasteiger partial charge in [0.15, 0.2) is 11.2 Å². The zero-order valence-electron chi connectivity index (χ0n) is 16.7. The molecular weight excluding hydrogens is 402 g/mol. The maximum Gasteiger partial charge on any atom is 0.332 e. The van der Waals surface area contributed by atoms with Crippen molar-refractivity contribution in [3.63, 3.8) is 0 Å². The molecular formula is C22H20ClN5O2. The number of halogens is 1. The van der Waals surface area contributed by atoms with Crippen molar-refractivity contribution in [1.29, 1.82) is 0 Å². The first kappa shape index (κ1) is 18.7. The van der Waals surface area contributed by atoms with E-state index >= 15 is 0 Å². The zero-order valence-corrected chi connectivity index (χ0v) is 17.4. The second kappa shape index (κ2) is 6.88. The molecule has 0 radical (unpaired) electrons. The van der Waals surface area contributed by atoms with E-state index in [1.54, 1.807) is 7.05 Å². The summed E-state index contributed by atoms with van der Waals surface area (Å²) in [6, 6.07) is 15.3. The van der Waals surface area contributed by atoms with Crippen LogP contribution in [0.4, 0.5) is 11.6 Å². The van der Waals surface area contributed by atoms with Crippen molar-refractivity contribution >= 4 is 34.4 Å². The number of fused-ring (bicyclic) bond motifs is 3. The predicted octanol–water partition coefficient (Wildman–Crippen LogP) is 3.06. The second-order valence-electron chi connectivity index (χ2n) is 7.59. The van der Waals surface area contributed by atoms with Crippen LogP contribution in [-0.4, -0.2) is 25.2 Å². The minimum atomic E-state index is -0.371. The number of aromatic nitrogens is 4. The molecule has 0 amide bonds. The number of hydrogen-bond donors (Lipinski definition) is 0. The van der Waals surface area contributed by atoms with E-state index in [4.69, 9.17) is 11.6 Å². The van der Waals surface area contributed by atoms with Gasteiger partial charge >= 0.3 is 5.69 Å². The summed E-state index contributed by atoms with van der Waals surface area (Å²) in [5, 5.41) is 0.660. The standard InChI is InChI=1S/C22H20ClN5O2/c1-14-4-3-5-15(12-14)13-28-20(29)18-19(25(2)22(28)30)24-21-26(10-11-27(18)21)17-8-6-16(23)7-9-17/h3-9,12H,10-11,13H2,1-2H3. The van der Waals surface area contributed by atoms with Crippen LogP contribution in [0.2, 0.25) is 5.02 Å². The Morgan fingerprint density at radius 3 is 2.57 bits per heavy atom. The van der Waals surface area contributed by atoms with Crippen LogP contribution < -0.4 is 16.1 Å². The van der Waals surface area contributed by atoms with E-state index in [-0.39, 0.29) is 17.8 Å². The Kier molecular flexibility index (Phi) is 4.29. The topological polar surface area (TPSA) is 65.1 Å². The molecule has 3 heterocycles. The van der Waals surface area contributed by atoms with Crippen molar-refractivity contribution < 1.29 is 0 Å². The fourth-order valence-corrected chi connectivity index (χ4v) is 4.20. The van der Waals surface area contributed by atoms with Gasteiger partial charge in [-0.05, 0) is 36.8 Å². The zero-order chi connectivity index (χ0) is 21.0. The largest absolute Gasteiger partial charge is 0.332 e. The lowest BCUT2D eigenvalue weighted by atomic mass is 10.1. The molecule has 0 saturated heterocycles. The lowest BCUT2D eigenvalue weighted by Crippen LogP contribution is -2.40. The van der Waals surface area contributed by atoms with Gasteiger partial charge in [-0.3, -0.25) is 13.9 Å². The molecule has 0 fully saturated rings. The first-order valence-corrected chi connectivity index (χ1v) is 10.1. The third-order valence-corrected chi connectivity index (χ3v) is 5.81. The van der Waals surface area contributed by atoms with E-state index in [1.165, 1.54) is 9.13 Å². The summed E-state index contributed by atoms with van der Waals surface area (Å²) >= 11 is 6.01. The Labute approximate surface area is 177 Å². The third kappa shape index (κ3) is 2.85. The summed E-state index contributed by atoms with van der Waals surface area (Å²) in [4.78, 5) is 33.0. The highest BCUT2D eigenvalue weighted by atomic mass is 35.5. The normalized spacial score (nSPS) is 13.2. The number of benzene rings is 2. The van der Waals surface area contributed by atoms with Crippen molar-refractivity contribution in [2.45, 2.75) is 20.0 Å². The lowest BCUT2D eigenvalue weighted by molar-refractivity contribution is 0.652. The Hall–Kier alpha value is -3.32. The van der Waals surface area contributed by atoms with Crippen LogP contribution in [0.3, 0.4) is 0 Å². The fraction of sp³-hybridized carbons (Fsp3) is 0.227. The summed E-state index contributed by atoms with van der Waals surface area (Å²) in [6.45, 7) is 3.53. The van der Waals surface area contributed by atoms with Gasteiger partial charge in [-0.1, -0.05) is 41.4 Å². The van der Waals surface area contributed by atoms with Crippen molar-refractivity contribution in [3.05, 3.63) is 85.5 Å². The molecule has 7 nitrogen and oxygen atoms in total. The average Bonchev–Trinajstić information content (AvgIpc) is 3.30. The molecule has 30 heavy (non-hydrogen) atoms. The van der Waals surface area contributed by atoms with E-state index in [1.807, 2.05) is 64.9 Å². The molecule has 4 aromatic rings. The van der Waals surface area contributed by atoms with Crippen molar-refractivity contribution in [3.8, 4) is 0 Å².